The molecular weight excluding hydrogens is 312 g/mol. The second kappa shape index (κ2) is 7.88. The van der Waals surface area contributed by atoms with Crippen LogP contribution in [0.2, 0.25) is 5.02 Å². The molecule has 0 saturated heterocycles. The number of carbonyl (C=O) groups excluding carboxylic acids is 1. The normalized spacial score (nSPS) is 10.3. The predicted octanol–water partition coefficient (Wildman–Crippen LogP) is 4.41. The molecule has 2 aromatic carbocycles. The summed E-state index contributed by atoms with van der Waals surface area (Å²) in [6, 6.07) is 11.4. The molecule has 0 fully saturated rings. The Hall–Kier alpha value is -2.20. The molecule has 0 unspecified atom stereocenters. The molecule has 0 aliphatic carbocycles. The van der Waals surface area contributed by atoms with Gasteiger partial charge in [0.25, 0.3) is 0 Å². The van der Waals surface area contributed by atoms with Gasteiger partial charge in [0.2, 0.25) is 5.91 Å². The fourth-order valence-corrected chi connectivity index (χ4v) is 2.36. The van der Waals surface area contributed by atoms with Gasteiger partial charge in [-0.1, -0.05) is 29.8 Å². The van der Waals surface area contributed by atoms with E-state index in [1.807, 2.05) is 44.2 Å². The molecule has 0 aromatic heterocycles. The number of para-hydroxylation sites is 1. The van der Waals surface area contributed by atoms with E-state index < -0.39 is 0 Å². The van der Waals surface area contributed by atoms with Crippen LogP contribution in [0.3, 0.4) is 0 Å². The summed E-state index contributed by atoms with van der Waals surface area (Å²) < 4.78 is 5.30. The van der Waals surface area contributed by atoms with Crippen LogP contribution in [-0.4, -0.2) is 19.6 Å². The van der Waals surface area contributed by atoms with Crippen molar-refractivity contribution in [2.45, 2.75) is 20.3 Å². The molecule has 2 aromatic rings. The number of amides is 1. The van der Waals surface area contributed by atoms with E-state index in [1.54, 1.807) is 13.2 Å². The maximum absolute atomic E-state index is 12.0. The first-order valence-electron chi connectivity index (χ1n) is 7.44. The highest BCUT2D eigenvalue weighted by Gasteiger charge is 2.08. The van der Waals surface area contributed by atoms with Crippen LogP contribution in [0.1, 0.15) is 17.5 Å². The zero-order valence-corrected chi connectivity index (χ0v) is 14.3. The van der Waals surface area contributed by atoms with Gasteiger partial charge < -0.3 is 15.4 Å². The number of methoxy groups -OCH3 is 1. The van der Waals surface area contributed by atoms with Crippen LogP contribution < -0.4 is 15.4 Å². The van der Waals surface area contributed by atoms with Crippen LogP contribution in [0.5, 0.6) is 5.75 Å². The minimum absolute atomic E-state index is 0.0311. The van der Waals surface area contributed by atoms with E-state index in [9.17, 15) is 4.79 Å². The lowest BCUT2D eigenvalue weighted by atomic mass is 10.2. The molecule has 23 heavy (non-hydrogen) atoms. The molecule has 1 amide bonds. The van der Waals surface area contributed by atoms with Crippen molar-refractivity contribution in [3.8, 4) is 5.75 Å². The number of benzene rings is 2. The average molecular weight is 333 g/mol. The van der Waals surface area contributed by atoms with Gasteiger partial charge in [-0.2, -0.15) is 0 Å². The molecule has 122 valence electrons. The molecule has 0 bridgehead atoms. The maximum Gasteiger partial charge on any atom is 0.226 e. The minimum atomic E-state index is -0.0311. The van der Waals surface area contributed by atoms with Gasteiger partial charge in [0.1, 0.15) is 5.75 Å². The highest BCUT2D eigenvalue weighted by atomic mass is 35.5. The molecule has 0 saturated carbocycles. The molecule has 0 radical (unpaired) electrons. The third-order valence-corrected chi connectivity index (χ3v) is 3.97. The standard InChI is InChI=1S/C18H21ClN2O2/c1-12-6-4-5-7-15(12)21-18(22)8-9-20-16-10-13(2)14(19)11-17(16)23-3/h4-7,10-11,20H,8-9H2,1-3H3,(H,21,22). The van der Waals surface area contributed by atoms with E-state index in [0.29, 0.717) is 23.7 Å². The van der Waals surface area contributed by atoms with Gasteiger partial charge in [-0.05, 0) is 37.1 Å². The smallest absolute Gasteiger partial charge is 0.226 e. The zero-order valence-electron chi connectivity index (χ0n) is 13.6. The van der Waals surface area contributed by atoms with Gasteiger partial charge in [-0.25, -0.2) is 0 Å². The van der Waals surface area contributed by atoms with Crippen LogP contribution in [0.25, 0.3) is 0 Å². The molecule has 0 atom stereocenters. The third-order valence-electron chi connectivity index (χ3n) is 3.57. The number of halogens is 1. The second-order valence-corrected chi connectivity index (χ2v) is 5.75. The maximum atomic E-state index is 12.0. The van der Waals surface area contributed by atoms with Crippen molar-refractivity contribution < 1.29 is 9.53 Å². The predicted molar refractivity (Wildman–Crippen MR) is 95.7 cm³/mol. The lowest BCUT2D eigenvalue weighted by Crippen LogP contribution is -2.17. The van der Waals surface area contributed by atoms with Crippen molar-refractivity contribution in [2.24, 2.45) is 0 Å². The Morgan fingerprint density at radius 1 is 1.13 bits per heavy atom. The first-order valence-corrected chi connectivity index (χ1v) is 7.82. The fourth-order valence-electron chi connectivity index (χ4n) is 2.21. The van der Waals surface area contributed by atoms with Crippen LogP contribution >= 0.6 is 11.6 Å². The van der Waals surface area contributed by atoms with Gasteiger partial charge in [-0.15, -0.1) is 0 Å². The van der Waals surface area contributed by atoms with Gasteiger partial charge >= 0.3 is 0 Å². The number of carbonyl (C=O) groups is 1. The van der Waals surface area contributed by atoms with Crippen LogP contribution in [-0.2, 0) is 4.79 Å². The van der Waals surface area contributed by atoms with Gasteiger partial charge in [0.05, 0.1) is 12.8 Å². The Morgan fingerprint density at radius 3 is 2.57 bits per heavy atom. The number of nitrogens with one attached hydrogen (secondary N) is 2. The topological polar surface area (TPSA) is 50.4 Å². The third kappa shape index (κ3) is 4.63. The Labute approximate surface area is 141 Å². The van der Waals surface area contributed by atoms with Crippen molar-refractivity contribution in [1.82, 2.24) is 0 Å². The first-order chi connectivity index (χ1) is 11.0. The quantitative estimate of drug-likeness (QED) is 0.824. The Kier molecular flexibility index (Phi) is 5.88. The molecule has 0 spiro atoms. The summed E-state index contributed by atoms with van der Waals surface area (Å²) in [5, 5.41) is 6.79. The number of hydrogen-bond acceptors (Lipinski definition) is 3. The van der Waals surface area contributed by atoms with Crippen molar-refractivity contribution in [3.05, 3.63) is 52.5 Å². The molecule has 0 aliphatic rings. The summed E-state index contributed by atoms with van der Waals surface area (Å²) in [6.45, 7) is 4.40. The number of anilines is 2. The van der Waals surface area contributed by atoms with Gasteiger partial charge in [0, 0.05) is 29.7 Å². The first kappa shape index (κ1) is 17.2. The number of aryl methyl sites for hydroxylation is 2. The monoisotopic (exact) mass is 332 g/mol. The summed E-state index contributed by atoms with van der Waals surface area (Å²) in [4.78, 5) is 12.0. The van der Waals surface area contributed by atoms with E-state index in [-0.39, 0.29) is 5.91 Å². The molecule has 5 heteroatoms. The second-order valence-electron chi connectivity index (χ2n) is 5.34. The summed E-state index contributed by atoms with van der Waals surface area (Å²) in [5.74, 6) is 0.636. The Morgan fingerprint density at radius 2 is 1.87 bits per heavy atom. The van der Waals surface area contributed by atoms with Gasteiger partial charge in [0.15, 0.2) is 0 Å². The SMILES string of the molecule is COc1cc(Cl)c(C)cc1NCCC(=O)Nc1ccccc1C. The van der Waals surface area contributed by atoms with Crippen molar-refractivity contribution in [1.29, 1.82) is 0 Å². The molecular formula is C18H21ClN2O2. The van der Waals surface area contributed by atoms with E-state index >= 15 is 0 Å². The zero-order chi connectivity index (χ0) is 16.8. The number of hydrogen-bond donors (Lipinski definition) is 2. The molecule has 2 N–H and O–H groups in total. The highest BCUT2D eigenvalue weighted by Crippen LogP contribution is 2.30. The Balaban J connectivity index is 1.91. The molecule has 0 heterocycles. The molecule has 4 nitrogen and oxygen atoms in total. The van der Waals surface area contributed by atoms with E-state index in [0.717, 1.165) is 22.5 Å². The van der Waals surface area contributed by atoms with E-state index in [2.05, 4.69) is 10.6 Å². The van der Waals surface area contributed by atoms with E-state index in [1.165, 1.54) is 0 Å². The van der Waals surface area contributed by atoms with Crippen molar-refractivity contribution >= 4 is 28.9 Å². The summed E-state index contributed by atoms with van der Waals surface area (Å²) >= 11 is 6.08. The van der Waals surface area contributed by atoms with E-state index in [4.69, 9.17) is 16.3 Å². The summed E-state index contributed by atoms with van der Waals surface area (Å²) in [6.07, 6.45) is 0.360. The fraction of sp³-hybridized carbons (Fsp3) is 0.278. The summed E-state index contributed by atoms with van der Waals surface area (Å²) in [7, 11) is 1.59. The lowest BCUT2D eigenvalue weighted by molar-refractivity contribution is -0.115. The number of ether oxygens (including phenoxy) is 1. The number of rotatable bonds is 6. The molecule has 2 rings (SSSR count). The highest BCUT2D eigenvalue weighted by molar-refractivity contribution is 6.31. The molecule has 0 aliphatic heterocycles. The average Bonchev–Trinajstić information content (AvgIpc) is 2.52. The van der Waals surface area contributed by atoms with Crippen molar-refractivity contribution in [2.75, 3.05) is 24.3 Å². The largest absolute Gasteiger partial charge is 0.495 e. The Bertz CT molecular complexity index is 701. The lowest BCUT2D eigenvalue weighted by Gasteiger charge is -2.13. The van der Waals surface area contributed by atoms with Crippen molar-refractivity contribution in [3.63, 3.8) is 0 Å². The summed E-state index contributed by atoms with van der Waals surface area (Å²) in [5.41, 5.74) is 3.68. The van der Waals surface area contributed by atoms with Crippen LogP contribution in [0.15, 0.2) is 36.4 Å². The van der Waals surface area contributed by atoms with Crippen LogP contribution in [0.4, 0.5) is 11.4 Å². The van der Waals surface area contributed by atoms with Gasteiger partial charge in [-0.3, -0.25) is 4.79 Å². The minimum Gasteiger partial charge on any atom is -0.495 e. The van der Waals surface area contributed by atoms with Crippen LogP contribution in [0, 0.1) is 13.8 Å².